The Morgan fingerprint density at radius 2 is 1.81 bits per heavy atom. The van der Waals surface area contributed by atoms with Crippen molar-refractivity contribution in [3.05, 3.63) is 76.8 Å². The molecule has 0 radical (unpaired) electrons. The Morgan fingerprint density at radius 3 is 2.44 bits per heavy atom. The van der Waals surface area contributed by atoms with E-state index in [0.29, 0.717) is 10.9 Å². The van der Waals surface area contributed by atoms with Crippen LogP contribution in [0.3, 0.4) is 0 Å². The molecule has 2 aromatic carbocycles. The second-order valence-electron chi connectivity index (χ2n) is 6.95. The number of para-hydroxylation sites is 1. The summed E-state index contributed by atoms with van der Waals surface area (Å²) in [5, 5.41) is 3.55. The largest absolute Gasteiger partial charge is 0.411 e. The molecule has 27 heavy (non-hydrogen) atoms. The van der Waals surface area contributed by atoms with Crippen molar-refractivity contribution >= 4 is 22.4 Å². The van der Waals surface area contributed by atoms with E-state index < -0.39 is 5.41 Å². The van der Waals surface area contributed by atoms with Crippen molar-refractivity contribution in [3.8, 4) is 5.75 Å². The van der Waals surface area contributed by atoms with Crippen LogP contribution in [0.25, 0.3) is 0 Å². The van der Waals surface area contributed by atoms with Crippen molar-refractivity contribution in [1.82, 2.24) is 4.98 Å². The molecule has 5 nitrogen and oxygen atoms in total. The molecular weight excluding hydrogens is 358 g/mol. The number of aromatic nitrogens is 1. The molecule has 3 rings (SSSR count). The SMILES string of the molecule is Cc1cnc(NC(=O)C(C)(C)C(c2ccccc2)c2ccccc2ON)s1. The molecule has 0 bridgehead atoms. The van der Waals surface area contributed by atoms with Gasteiger partial charge in [-0.25, -0.2) is 4.98 Å². The number of anilines is 1. The minimum atomic E-state index is -0.782. The molecule has 0 saturated carbocycles. The van der Waals surface area contributed by atoms with Gasteiger partial charge < -0.3 is 10.2 Å². The van der Waals surface area contributed by atoms with Crippen LogP contribution in [0.4, 0.5) is 5.13 Å². The average molecular weight is 382 g/mol. The van der Waals surface area contributed by atoms with Gasteiger partial charge in [-0.1, -0.05) is 62.4 Å². The summed E-state index contributed by atoms with van der Waals surface area (Å²) in [5.41, 5.74) is 1.09. The van der Waals surface area contributed by atoms with E-state index in [0.717, 1.165) is 16.0 Å². The van der Waals surface area contributed by atoms with Crippen molar-refractivity contribution in [3.63, 3.8) is 0 Å². The van der Waals surface area contributed by atoms with Gasteiger partial charge in [0.2, 0.25) is 5.91 Å². The normalized spacial score (nSPS) is 12.4. The lowest BCUT2D eigenvalue weighted by Gasteiger charge is -2.34. The van der Waals surface area contributed by atoms with Crippen molar-refractivity contribution in [2.45, 2.75) is 26.7 Å². The Bertz CT molecular complexity index is 922. The Hall–Kier alpha value is -2.70. The van der Waals surface area contributed by atoms with Gasteiger partial charge >= 0.3 is 0 Å². The van der Waals surface area contributed by atoms with Crippen LogP contribution in [0.2, 0.25) is 0 Å². The van der Waals surface area contributed by atoms with Gasteiger partial charge in [0.05, 0.1) is 5.41 Å². The second kappa shape index (κ2) is 7.90. The molecule has 6 heteroatoms. The van der Waals surface area contributed by atoms with Crippen LogP contribution in [-0.4, -0.2) is 10.9 Å². The topological polar surface area (TPSA) is 77.2 Å². The first-order valence-electron chi connectivity index (χ1n) is 8.68. The molecule has 0 aliphatic rings. The first-order valence-corrected chi connectivity index (χ1v) is 9.49. The van der Waals surface area contributed by atoms with E-state index >= 15 is 0 Å². The smallest absolute Gasteiger partial charge is 0.232 e. The third kappa shape index (κ3) is 4.02. The fourth-order valence-corrected chi connectivity index (χ4v) is 3.92. The number of amides is 1. The van der Waals surface area contributed by atoms with Crippen LogP contribution in [0.5, 0.6) is 5.75 Å². The summed E-state index contributed by atoms with van der Waals surface area (Å²) < 4.78 is 0. The van der Waals surface area contributed by atoms with Gasteiger partial charge in [0, 0.05) is 22.6 Å². The van der Waals surface area contributed by atoms with Crippen LogP contribution in [0.1, 0.15) is 35.8 Å². The highest BCUT2D eigenvalue weighted by molar-refractivity contribution is 7.15. The van der Waals surface area contributed by atoms with Crippen LogP contribution in [0.15, 0.2) is 60.8 Å². The van der Waals surface area contributed by atoms with Gasteiger partial charge in [0.15, 0.2) is 10.9 Å². The number of rotatable bonds is 6. The first kappa shape index (κ1) is 19.1. The van der Waals surface area contributed by atoms with Crippen LogP contribution in [-0.2, 0) is 4.79 Å². The molecule has 0 aliphatic heterocycles. The number of hydrogen-bond donors (Lipinski definition) is 2. The molecule has 1 aromatic heterocycles. The summed E-state index contributed by atoms with van der Waals surface area (Å²) in [4.78, 5) is 23.6. The summed E-state index contributed by atoms with van der Waals surface area (Å²) in [5.74, 6) is 5.69. The van der Waals surface area contributed by atoms with E-state index in [4.69, 9.17) is 10.7 Å². The Kier molecular flexibility index (Phi) is 5.58. The van der Waals surface area contributed by atoms with Gasteiger partial charge in [-0.3, -0.25) is 4.79 Å². The van der Waals surface area contributed by atoms with Gasteiger partial charge in [0.25, 0.3) is 0 Å². The summed E-state index contributed by atoms with van der Waals surface area (Å²) in [7, 11) is 0. The van der Waals surface area contributed by atoms with E-state index in [1.165, 1.54) is 11.3 Å². The highest BCUT2D eigenvalue weighted by Crippen LogP contribution is 2.44. The molecule has 0 spiro atoms. The maximum atomic E-state index is 13.2. The molecule has 140 valence electrons. The lowest BCUT2D eigenvalue weighted by Crippen LogP contribution is -2.37. The number of carbonyl (C=O) groups is 1. The number of aryl methyl sites for hydroxylation is 1. The van der Waals surface area contributed by atoms with E-state index in [2.05, 4.69) is 10.3 Å². The number of nitrogens with zero attached hydrogens (tertiary/aromatic N) is 1. The third-order valence-corrected chi connectivity index (χ3v) is 5.47. The van der Waals surface area contributed by atoms with E-state index in [9.17, 15) is 4.79 Å². The standard InChI is InChI=1S/C21H23N3O2S/c1-14-13-23-20(27-14)24-19(25)21(2,3)18(15-9-5-4-6-10-15)16-11-7-8-12-17(16)26-22/h4-13,18H,22H2,1-3H3,(H,23,24,25). The van der Waals surface area contributed by atoms with E-state index in [-0.39, 0.29) is 11.8 Å². The van der Waals surface area contributed by atoms with Gasteiger partial charge in [0.1, 0.15) is 0 Å². The fourth-order valence-electron chi connectivity index (χ4n) is 3.26. The number of benzene rings is 2. The fraction of sp³-hybridized carbons (Fsp3) is 0.238. The average Bonchev–Trinajstić information content (AvgIpc) is 3.07. The maximum Gasteiger partial charge on any atom is 0.232 e. The van der Waals surface area contributed by atoms with Crippen LogP contribution >= 0.6 is 11.3 Å². The molecule has 1 unspecified atom stereocenters. The Labute approximate surface area is 163 Å². The van der Waals surface area contributed by atoms with Crippen molar-refractivity contribution in [2.24, 2.45) is 11.3 Å². The second-order valence-corrected chi connectivity index (χ2v) is 8.19. The zero-order valence-electron chi connectivity index (χ0n) is 15.6. The van der Waals surface area contributed by atoms with Gasteiger partial charge in [-0.05, 0) is 18.6 Å². The van der Waals surface area contributed by atoms with Crippen molar-refractivity contribution in [1.29, 1.82) is 0 Å². The molecule has 0 saturated heterocycles. The number of nitrogens with two attached hydrogens (primary N) is 1. The zero-order valence-corrected chi connectivity index (χ0v) is 16.4. The summed E-state index contributed by atoms with van der Waals surface area (Å²) in [6.07, 6.45) is 1.75. The van der Waals surface area contributed by atoms with Crippen molar-refractivity contribution in [2.75, 3.05) is 5.32 Å². The molecular formula is C21H23N3O2S. The molecule has 1 heterocycles. The van der Waals surface area contributed by atoms with Gasteiger partial charge in [-0.15, -0.1) is 11.3 Å². The van der Waals surface area contributed by atoms with Gasteiger partial charge in [-0.2, -0.15) is 5.90 Å². The van der Waals surface area contributed by atoms with Crippen LogP contribution in [0, 0.1) is 12.3 Å². The lowest BCUT2D eigenvalue weighted by atomic mass is 9.70. The summed E-state index contributed by atoms with van der Waals surface area (Å²) in [6.45, 7) is 5.81. The zero-order chi connectivity index (χ0) is 19.4. The predicted molar refractivity (Wildman–Crippen MR) is 109 cm³/mol. The molecule has 1 atom stereocenters. The highest BCUT2D eigenvalue weighted by Gasteiger charge is 2.40. The molecule has 1 amide bonds. The molecule has 0 aliphatic carbocycles. The lowest BCUT2D eigenvalue weighted by molar-refractivity contribution is -0.124. The summed E-state index contributed by atoms with van der Waals surface area (Å²) in [6, 6.07) is 17.5. The molecule has 0 fully saturated rings. The quantitative estimate of drug-likeness (QED) is 0.616. The third-order valence-electron chi connectivity index (χ3n) is 4.64. The minimum absolute atomic E-state index is 0.113. The highest BCUT2D eigenvalue weighted by atomic mass is 32.1. The van der Waals surface area contributed by atoms with Crippen molar-refractivity contribution < 1.29 is 9.63 Å². The molecule has 3 aromatic rings. The number of hydrogen-bond acceptors (Lipinski definition) is 5. The van der Waals surface area contributed by atoms with Crippen LogP contribution < -0.4 is 16.1 Å². The van der Waals surface area contributed by atoms with E-state index in [1.807, 2.05) is 75.4 Å². The Balaban J connectivity index is 2.04. The molecule has 3 N–H and O–H groups in total. The van der Waals surface area contributed by atoms with E-state index in [1.54, 1.807) is 6.20 Å². The number of carbonyl (C=O) groups excluding carboxylic acids is 1. The monoisotopic (exact) mass is 381 g/mol. The number of thiazole rings is 1. The summed E-state index contributed by atoms with van der Waals surface area (Å²) >= 11 is 1.46. The predicted octanol–water partition coefficient (Wildman–Crippen LogP) is 4.50. The minimum Gasteiger partial charge on any atom is -0.411 e. The Morgan fingerprint density at radius 1 is 1.15 bits per heavy atom. The maximum absolute atomic E-state index is 13.2. The first-order chi connectivity index (χ1) is 12.9. The number of nitrogens with one attached hydrogen (secondary N) is 1.